The maximum absolute atomic E-state index is 12.4. The van der Waals surface area contributed by atoms with Crippen molar-refractivity contribution in [2.24, 2.45) is 0 Å². The number of carbonyl (C=O) groups is 1. The fourth-order valence-electron chi connectivity index (χ4n) is 2.55. The van der Waals surface area contributed by atoms with Crippen LogP contribution in [0.15, 0.2) is 18.2 Å². The molecule has 114 valence electrons. The molecule has 0 radical (unpaired) electrons. The van der Waals surface area contributed by atoms with Crippen LogP contribution < -0.4 is 0 Å². The van der Waals surface area contributed by atoms with E-state index >= 15 is 0 Å². The topological polar surface area (TPSA) is 38.1 Å². The van der Waals surface area contributed by atoms with Crippen LogP contribution in [0.2, 0.25) is 0 Å². The molecule has 0 fully saturated rings. The van der Waals surface area contributed by atoms with Crippen LogP contribution in [0.4, 0.5) is 0 Å². The fraction of sp³-hybridized carbons (Fsp3) is 0.500. The first-order valence-corrected chi connectivity index (χ1v) is 7.93. The van der Waals surface area contributed by atoms with Gasteiger partial charge in [0.15, 0.2) is 0 Å². The third-order valence-corrected chi connectivity index (χ3v) is 3.90. The molecule has 0 aliphatic rings. The highest BCUT2D eigenvalue weighted by atomic mass is 35.5. The van der Waals surface area contributed by atoms with Crippen LogP contribution in [0.25, 0.3) is 11.0 Å². The van der Waals surface area contributed by atoms with Crippen LogP contribution in [-0.2, 0) is 17.8 Å². The Hall–Kier alpha value is -1.55. The van der Waals surface area contributed by atoms with Gasteiger partial charge in [0, 0.05) is 25.4 Å². The largest absolute Gasteiger partial charge is 0.342 e. The molecule has 5 heteroatoms. The minimum atomic E-state index is 0.122. The molecule has 2 rings (SSSR count). The summed E-state index contributed by atoms with van der Waals surface area (Å²) < 4.78 is 2.01. The SMILES string of the molecule is CCN(CC)C(=O)Cn1c(CCCl)nc2ccc(C)cc21. The fourth-order valence-corrected chi connectivity index (χ4v) is 2.72. The summed E-state index contributed by atoms with van der Waals surface area (Å²) in [4.78, 5) is 18.9. The Bertz CT molecular complexity index is 632. The summed E-state index contributed by atoms with van der Waals surface area (Å²) in [5.41, 5.74) is 3.10. The standard InChI is InChI=1S/C16H22ClN3O/c1-4-19(5-2)16(21)11-20-14-10-12(3)6-7-13(14)18-15(20)8-9-17/h6-7,10H,4-5,8-9,11H2,1-3H3. The van der Waals surface area contributed by atoms with Crippen molar-refractivity contribution in [3.05, 3.63) is 29.6 Å². The number of amides is 1. The van der Waals surface area contributed by atoms with Gasteiger partial charge in [0.2, 0.25) is 5.91 Å². The molecule has 1 amide bonds. The lowest BCUT2D eigenvalue weighted by Crippen LogP contribution is -2.33. The first-order chi connectivity index (χ1) is 10.1. The molecule has 1 heterocycles. The summed E-state index contributed by atoms with van der Waals surface area (Å²) in [6.07, 6.45) is 0.667. The highest BCUT2D eigenvalue weighted by Crippen LogP contribution is 2.19. The van der Waals surface area contributed by atoms with E-state index in [1.807, 2.05) is 42.4 Å². The average Bonchev–Trinajstić information content (AvgIpc) is 2.78. The van der Waals surface area contributed by atoms with Gasteiger partial charge in [0.05, 0.1) is 11.0 Å². The number of benzene rings is 1. The van der Waals surface area contributed by atoms with Crippen LogP contribution in [0.1, 0.15) is 25.2 Å². The molecule has 0 aliphatic heterocycles. The molecule has 0 atom stereocenters. The van der Waals surface area contributed by atoms with Crippen LogP contribution in [-0.4, -0.2) is 39.3 Å². The summed E-state index contributed by atoms with van der Waals surface area (Å²) in [7, 11) is 0. The van der Waals surface area contributed by atoms with Gasteiger partial charge in [0.1, 0.15) is 12.4 Å². The lowest BCUT2D eigenvalue weighted by atomic mass is 10.2. The van der Waals surface area contributed by atoms with E-state index in [0.29, 0.717) is 18.8 Å². The van der Waals surface area contributed by atoms with E-state index in [1.54, 1.807) is 0 Å². The Morgan fingerprint density at radius 2 is 2.05 bits per heavy atom. The number of imidazole rings is 1. The summed E-state index contributed by atoms with van der Waals surface area (Å²) in [6, 6.07) is 6.12. The molecule has 0 saturated carbocycles. The van der Waals surface area contributed by atoms with Gasteiger partial charge in [-0.15, -0.1) is 11.6 Å². The highest BCUT2D eigenvalue weighted by molar-refractivity contribution is 6.17. The average molecular weight is 308 g/mol. The van der Waals surface area contributed by atoms with Gasteiger partial charge < -0.3 is 9.47 Å². The number of rotatable bonds is 6. The third-order valence-electron chi connectivity index (χ3n) is 3.71. The molecule has 0 N–H and O–H groups in total. The van der Waals surface area contributed by atoms with Crippen molar-refractivity contribution < 1.29 is 4.79 Å². The Balaban J connectivity index is 2.42. The number of hydrogen-bond donors (Lipinski definition) is 0. The zero-order valence-electron chi connectivity index (χ0n) is 12.9. The van der Waals surface area contributed by atoms with E-state index in [9.17, 15) is 4.79 Å². The quantitative estimate of drug-likeness (QED) is 0.770. The molecule has 0 saturated heterocycles. The maximum Gasteiger partial charge on any atom is 0.242 e. The Kier molecular flexibility index (Phi) is 5.23. The first kappa shape index (κ1) is 15.8. The second-order valence-corrected chi connectivity index (χ2v) is 5.49. The van der Waals surface area contributed by atoms with Gasteiger partial charge in [-0.25, -0.2) is 4.98 Å². The Morgan fingerprint density at radius 1 is 1.33 bits per heavy atom. The van der Waals surface area contributed by atoms with E-state index < -0.39 is 0 Å². The maximum atomic E-state index is 12.4. The van der Waals surface area contributed by atoms with E-state index in [-0.39, 0.29) is 5.91 Å². The lowest BCUT2D eigenvalue weighted by molar-refractivity contribution is -0.131. The van der Waals surface area contributed by atoms with E-state index in [2.05, 4.69) is 11.1 Å². The summed E-state index contributed by atoms with van der Waals surface area (Å²) >= 11 is 5.87. The van der Waals surface area contributed by atoms with Gasteiger partial charge in [-0.3, -0.25) is 4.79 Å². The molecule has 0 spiro atoms. The van der Waals surface area contributed by atoms with Gasteiger partial charge in [0.25, 0.3) is 0 Å². The molecular formula is C16H22ClN3O. The molecule has 2 aromatic rings. The number of fused-ring (bicyclic) bond motifs is 1. The zero-order valence-corrected chi connectivity index (χ0v) is 13.7. The number of hydrogen-bond acceptors (Lipinski definition) is 2. The van der Waals surface area contributed by atoms with Crippen molar-refractivity contribution in [1.29, 1.82) is 0 Å². The third kappa shape index (κ3) is 3.38. The first-order valence-electron chi connectivity index (χ1n) is 7.40. The van der Waals surface area contributed by atoms with Crippen molar-refractivity contribution >= 4 is 28.5 Å². The zero-order chi connectivity index (χ0) is 15.4. The van der Waals surface area contributed by atoms with E-state index in [0.717, 1.165) is 35.5 Å². The van der Waals surface area contributed by atoms with Gasteiger partial charge in [-0.2, -0.15) is 0 Å². The van der Waals surface area contributed by atoms with Crippen molar-refractivity contribution in [3.8, 4) is 0 Å². The van der Waals surface area contributed by atoms with Gasteiger partial charge in [-0.1, -0.05) is 6.07 Å². The second kappa shape index (κ2) is 6.94. The van der Waals surface area contributed by atoms with Gasteiger partial charge in [-0.05, 0) is 38.5 Å². The van der Waals surface area contributed by atoms with Crippen LogP contribution in [0, 0.1) is 6.92 Å². The summed E-state index contributed by atoms with van der Waals surface area (Å²) in [5.74, 6) is 1.50. The molecule has 4 nitrogen and oxygen atoms in total. The summed E-state index contributed by atoms with van der Waals surface area (Å²) in [6.45, 7) is 7.82. The van der Waals surface area contributed by atoms with Crippen molar-refractivity contribution in [3.63, 3.8) is 0 Å². The molecule has 1 aromatic carbocycles. The molecule has 21 heavy (non-hydrogen) atoms. The molecule has 0 unspecified atom stereocenters. The number of carbonyl (C=O) groups excluding carboxylic acids is 1. The minimum absolute atomic E-state index is 0.122. The van der Waals surface area contributed by atoms with Crippen molar-refractivity contribution in [2.45, 2.75) is 33.7 Å². The Morgan fingerprint density at radius 3 is 2.67 bits per heavy atom. The number of nitrogens with zero attached hydrogens (tertiary/aromatic N) is 3. The molecule has 1 aromatic heterocycles. The lowest BCUT2D eigenvalue weighted by Gasteiger charge is -2.19. The van der Waals surface area contributed by atoms with E-state index in [4.69, 9.17) is 11.6 Å². The highest BCUT2D eigenvalue weighted by Gasteiger charge is 2.16. The number of likely N-dealkylation sites (N-methyl/N-ethyl adjacent to an activating group) is 1. The van der Waals surface area contributed by atoms with Crippen LogP contribution in [0.5, 0.6) is 0 Å². The number of halogens is 1. The smallest absolute Gasteiger partial charge is 0.242 e. The van der Waals surface area contributed by atoms with Crippen LogP contribution >= 0.6 is 11.6 Å². The molecule has 0 bridgehead atoms. The Labute approximate surface area is 130 Å². The molecule has 0 aliphatic carbocycles. The minimum Gasteiger partial charge on any atom is -0.342 e. The van der Waals surface area contributed by atoms with Crippen molar-refractivity contribution in [1.82, 2.24) is 14.5 Å². The summed E-state index contributed by atoms with van der Waals surface area (Å²) in [5, 5.41) is 0. The molecular weight excluding hydrogens is 286 g/mol. The van der Waals surface area contributed by atoms with Gasteiger partial charge >= 0.3 is 0 Å². The number of alkyl halides is 1. The normalized spacial score (nSPS) is 11.0. The van der Waals surface area contributed by atoms with Crippen LogP contribution in [0.3, 0.4) is 0 Å². The monoisotopic (exact) mass is 307 g/mol. The van der Waals surface area contributed by atoms with E-state index in [1.165, 1.54) is 0 Å². The predicted octanol–water partition coefficient (Wildman–Crippen LogP) is 2.99. The second-order valence-electron chi connectivity index (χ2n) is 5.11. The number of aromatic nitrogens is 2. The number of aryl methyl sites for hydroxylation is 2. The van der Waals surface area contributed by atoms with Crippen molar-refractivity contribution in [2.75, 3.05) is 19.0 Å². The predicted molar refractivity (Wildman–Crippen MR) is 86.8 cm³/mol.